The van der Waals surface area contributed by atoms with Crippen LogP contribution in [0.25, 0.3) is 0 Å². The van der Waals surface area contributed by atoms with E-state index in [4.69, 9.17) is 4.74 Å². The Morgan fingerprint density at radius 2 is 1.81 bits per heavy atom. The first kappa shape index (κ1) is 15.6. The van der Waals surface area contributed by atoms with E-state index in [1.54, 1.807) is 0 Å². The maximum atomic E-state index is 12.6. The van der Waals surface area contributed by atoms with E-state index in [1.807, 2.05) is 24.3 Å². The van der Waals surface area contributed by atoms with Gasteiger partial charge >= 0.3 is 0 Å². The summed E-state index contributed by atoms with van der Waals surface area (Å²) in [5.41, 5.74) is 0.885. The highest BCUT2D eigenvalue weighted by molar-refractivity contribution is 6.06. The SMILES string of the molecule is O=C(NCCN1C(=O)[C@@H]2[C@H](C1=O)[C@H]1C=C[C@H]2C1)[C@@H]1COc2ccccc21. The van der Waals surface area contributed by atoms with Crippen LogP contribution in [0, 0.1) is 23.7 Å². The molecule has 0 radical (unpaired) electrons. The Kier molecular flexibility index (Phi) is 3.42. The number of amides is 3. The smallest absolute Gasteiger partial charge is 0.233 e. The number of carbonyl (C=O) groups is 3. The number of ether oxygens (including phenoxy) is 1. The van der Waals surface area contributed by atoms with Crippen molar-refractivity contribution in [3.8, 4) is 5.75 Å². The zero-order chi connectivity index (χ0) is 17.8. The van der Waals surface area contributed by atoms with Crippen molar-refractivity contribution in [1.29, 1.82) is 0 Å². The molecule has 2 heterocycles. The molecule has 0 spiro atoms. The Labute approximate surface area is 151 Å². The van der Waals surface area contributed by atoms with Gasteiger partial charge in [0.1, 0.15) is 18.3 Å². The summed E-state index contributed by atoms with van der Waals surface area (Å²) >= 11 is 0. The second-order valence-corrected chi connectivity index (χ2v) is 7.52. The molecule has 4 aliphatic rings. The van der Waals surface area contributed by atoms with E-state index in [0.29, 0.717) is 6.61 Å². The number of carbonyl (C=O) groups excluding carboxylic acids is 3. The maximum Gasteiger partial charge on any atom is 0.233 e. The summed E-state index contributed by atoms with van der Waals surface area (Å²) in [6.07, 6.45) is 5.10. The molecule has 5 rings (SSSR count). The minimum atomic E-state index is -0.337. The molecule has 134 valence electrons. The number of rotatable bonds is 4. The van der Waals surface area contributed by atoms with Crippen molar-refractivity contribution in [2.75, 3.05) is 19.7 Å². The van der Waals surface area contributed by atoms with Crippen molar-refractivity contribution in [3.63, 3.8) is 0 Å². The van der Waals surface area contributed by atoms with Crippen molar-refractivity contribution in [2.45, 2.75) is 12.3 Å². The summed E-state index contributed by atoms with van der Waals surface area (Å²) in [5.74, 6) is 0.217. The normalized spacial score (nSPS) is 33.4. The van der Waals surface area contributed by atoms with Crippen LogP contribution in [-0.4, -0.2) is 42.3 Å². The lowest BCUT2D eigenvalue weighted by Crippen LogP contribution is -2.41. The number of nitrogens with one attached hydrogen (secondary N) is 1. The number of allylic oxidation sites excluding steroid dienone is 2. The Morgan fingerprint density at radius 1 is 1.12 bits per heavy atom. The Bertz CT molecular complexity index is 803. The minimum absolute atomic E-state index is 0.0688. The van der Waals surface area contributed by atoms with E-state index in [-0.39, 0.29) is 60.4 Å². The van der Waals surface area contributed by atoms with Crippen molar-refractivity contribution in [2.24, 2.45) is 23.7 Å². The number of hydrogen-bond donors (Lipinski definition) is 1. The van der Waals surface area contributed by atoms with Gasteiger partial charge in [-0.2, -0.15) is 0 Å². The summed E-state index contributed by atoms with van der Waals surface area (Å²) in [6.45, 7) is 0.841. The highest BCUT2D eigenvalue weighted by Gasteiger charge is 2.58. The molecule has 1 aromatic carbocycles. The van der Waals surface area contributed by atoms with Crippen LogP contribution in [-0.2, 0) is 14.4 Å². The summed E-state index contributed by atoms with van der Waals surface area (Å²) < 4.78 is 5.54. The first-order valence-corrected chi connectivity index (χ1v) is 9.18. The zero-order valence-corrected chi connectivity index (χ0v) is 14.3. The van der Waals surface area contributed by atoms with Crippen LogP contribution in [0.5, 0.6) is 5.75 Å². The van der Waals surface area contributed by atoms with Gasteiger partial charge < -0.3 is 10.1 Å². The number of nitrogens with zero attached hydrogens (tertiary/aromatic N) is 1. The average molecular weight is 352 g/mol. The predicted molar refractivity (Wildman–Crippen MR) is 92.1 cm³/mol. The molecule has 2 fully saturated rings. The molecule has 2 bridgehead atoms. The van der Waals surface area contributed by atoms with E-state index in [0.717, 1.165) is 17.7 Å². The van der Waals surface area contributed by atoms with Crippen LogP contribution < -0.4 is 10.1 Å². The molecule has 1 N–H and O–H groups in total. The molecule has 2 aliphatic carbocycles. The van der Waals surface area contributed by atoms with Crippen molar-refractivity contribution < 1.29 is 19.1 Å². The van der Waals surface area contributed by atoms with Gasteiger partial charge in [-0.05, 0) is 24.3 Å². The van der Waals surface area contributed by atoms with Crippen molar-refractivity contribution in [1.82, 2.24) is 10.2 Å². The molecular formula is C20H20N2O4. The van der Waals surface area contributed by atoms with Crippen LogP contribution in [0.2, 0.25) is 0 Å². The lowest BCUT2D eigenvalue weighted by Gasteiger charge is -2.18. The van der Waals surface area contributed by atoms with Gasteiger partial charge in [0.05, 0.1) is 11.8 Å². The molecular weight excluding hydrogens is 332 g/mol. The fraction of sp³-hybridized carbons (Fsp3) is 0.450. The second-order valence-electron chi connectivity index (χ2n) is 7.52. The summed E-state index contributed by atoms with van der Waals surface area (Å²) in [4.78, 5) is 39.1. The first-order chi connectivity index (χ1) is 12.6. The topological polar surface area (TPSA) is 75.7 Å². The number of hydrogen-bond acceptors (Lipinski definition) is 4. The molecule has 0 aromatic heterocycles. The van der Waals surface area contributed by atoms with E-state index < -0.39 is 0 Å². The van der Waals surface area contributed by atoms with Crippen LogP contribution in [0.3, 0.4) is 0 Å². The van der Waals surface area contributed by atoms with Crippen molar-refractivity contribution >= 4 is 17.7 Å². The molecule has 5 atom stereocenters. The van der Waals surface area contributed by atoms with Crippen LogP contribution in [0.15, 0.2) is 36.4 Å². The number of likely N-dealkylation sites (tertiary alicyclic amines) is 1. The minimum Gasteiger partial charge on any atom is -0.492 e. The lowest BCUT2D eigenvalue weighted by molar-refractivity contribution is -0.141. The molecule has 2 aliphatic heterocycles. The fourth-order valence-electron chi connectivity index (χ4n) is 4.98. The van der Waals surface area contributed by atoms with Gasteiger partial charge in [-0.25, -0.2) is 0 Å². The van der Waals surface area contributed by atoms with Gasteiger partial charge in [-0.1, -0.05) is 30.4 Å². The Balaban J connectivity index is 1.20. The van der Waals surface area contributed by atoms with Gasteiger partial charge in [-0.15, -0.1) is 0 Å². The highest BCUT2D eigenvalue weighted by atomic mass is 16.5. The fourth-order valence-corrected chi connectivity index (χ4v) is 4.98. The summed E-state index contributed by atoms with van der Waals surface area (Å²) in [5, 5.41) is 2.86. The van der Waals surface area contributed by atoms with Crippen molar-refractivity contribution in [3.05, 3.63) is 42.0 Å². The monoisotopic (exact) mass is 352 g/mol. The summed E-state index contributed by atoms with van der Waals surface area (Å²) in [6, 6.07) is 7.51. The number of imide groups is 1. The molecule has 26 heavy (non-hydrogen) atoms. The number of para-hydroxylation sites is 1. The van der Waals surface area contributed by atoms with Gasteiger partial charge in [0.15, 0.2) is 0 Å². The van der Waals surface area contributed by atoms with Crippen LogP contribution in [0.4, 0.5) is 0 Å². The number of fused-ring (bicyclic) bond motifs is 6. The van der Waals surface area contributed by atoms with Gasteiger partial charge in [-0.3, -0.25) is 19.3 Å². The second kappa shape index (κ2) is 5.69. The molecule has 1 saturated carbocycles. The van der Waals surface area contributed by atoms with E-state index in [1.165, 1.54) is 4.90 Å². The van der Waals surface area contributed by atoms with Gasteiger partial charge in [0.25, 0.3) is 0 Å². The maximum absolute atomic E-state index is 12.6. The molecule has 0 unspecified atom stereocenters. The lowest BCUT2D eigenvalue weighted by atomic mass is 9.85. The third kappa shape index (κ3) is 2.14. The largest absolute Gasteiger partial charge is 0.492 e. The molecule has 3 amide bonds. The molecule has 6 nitrogen and oxygen atoms in total. The third-order valence-electron chi connectivity index (χ3n) is 6.21. The highest BCUT2D eigenvalue weighted by Crippen LogP contribution is 2.52. The Morgan fingerprint density at radius 3 is 2.54 bits per heavy atom. The third-order valence-corrected chi connectivity index (χ3v) is 6.21. The quantitative estimate of drug-likeness (QED) is 0.650. The standard InChI is InChI=1S/C20H20N2O4/c23-18(14-10-26-15-4-2-1-3-13(14)15)21-7-8-22-19(24)16-11-5-6-12(9-11)17(16)20(22)25/h1-6,11-12,14,16-17H,7-10H2,(H,21,23)/t11-,12-,14+,16-,17+/m0/s1. The van der Waals surface area contributed by atoms with E-state index >= 15 is 0 Å². The first-order valence-electron chi connectivity index (χ1n) is 9.18. The Hall–Kier alpha value is -2.63. The zero-order valence-electron chi connectivity index (χ0n) is 14.3. The van der Waals surface area contributed by atoms with Gasteiger partial charge in [0.2, 0.25) is 17.7 Å². The van der Waals surface area contributed by atoms with Crippen LogP contribution in [0.1, 0.15) is 17.9 Å². The van der Waals surface area contributed by atoms with Gasteiger partial charge in [0, 0.05) is 18.7 Å². The van der Waals surface area contributed by atoms with Crippen LogP contribution >= 0.6 is 0 Å². The predicted octanol–water partition coefficient (Wildman–Crippen LogP) is 1.09. The van der Waals surface area contributed by atoms with E-state index in [2.05, 4.69) is 17.5 Å². The molecule has 6 heteroatoms. The summed E-state index contributed by atoms with van der Waals surface area (Å²) in [7, 11) is 0. The number of benzene rings is 1. The average Bonchev–Trinajstić information content (AvgIpc) is 3.40. The molecule has 1 saturated heterocycles. The molecule has 1 aromatic rings. The van der Waals surface area contributed by atoms with E-state index in [9.17, 15) is 14.4 Å².